The van der Waals surface area contributed by atoms with E-state index in [1.807, 2.05) is 12.1 Å². The maximum absolute atomic E-state index is 10.4. The number of allylic oxidation sites excluding steroid dienone is 1. The van der Waals surface area contributed by atoms with Crippen molar-refractivity contribution in [1.29, 1.82) is 0 Å². The molecule has 1 N–H and O–H groups in total. The van der Waals surface area contributed by atoms with E-state index >= 15 is 0 Å². The van der Waals surface area contributed by atoms with Crippen LogP contribution in [0.25, 0.3) is 0 Å². The number of halogens is 1. The normalized spacial score (nSPS) is 39.5. The van der Waals surface area contributed by atoms with Gasteiger partial charge < -0.3 is 5.11 Å². The molecule has 1 heterocycles. The molecule has 8 atom stereocenters. The number of benzene rings is 2. The van der Waals surface area contributed by atoms with Crippen LogP contribution in [0.5, 0.6) is 0 Å². The fraction of sp³-hybridized carbons (Fsp3) is 0.571. The molecule has 0 bridgehead atoms. The number of hydrogen-bond acceptors (Lipinski definition) is 3. The van der Waals surface area contributed by atoms with Crippen LogP contribution in [0.15, 0.2) is 65.3 Å². The van der Waals surface area contributed by atoms with Gasteiger partial charge in [0.25, 0.3) is 0 Å². The van der Waals surface area contributed by atoms with Crippen LogP contribution in [0.3, 0.4) is 0 Å². The first-order chi connectivity index (χ1) is 18.8. The predicted molar refractivity (Wildman–Crippen MR) is 161 cm³/mol. The molecule has 7 rings (SSSR count). The molecule has 2 aromatic carbocycles. The molecule has 206 valence electrons. The number of aliphatic hydroxyl groups excluding tert-OH is 1. The van der Waals surface area contributed by atoms with E-state index in [1.54, 1.807) is 5.57 Å². The third-order valence-corrected chi connectivity index (χ3v) is 12.2. The van der Waals surface area contributed by atoms with Crippen LogP contribution >= 0.6 is 11.6 Å². The minimum Gasteiger partial charge on any atom is -0.393 e. The summed E-state index contributed by atoms with van der Waals surface area (Å²) in [6, 6.07) is 17.5. The molecular weight excluding hydrogens is 500 g/mol. The highest BCUT2D eigenvalue weighted by molar-refractivity contribution is 6.30. The summed E-state index contributed by atoms with van der Waals surface area (Å²) in [5, 5.41) is 18.9. The van der Waals surface area contributed by atoms with E-state index in [4.69, 9.17) is 16.7 Å². The minimum atomic E-state index is -0.129. The lowest BCUT2D eigenvalue weighted by Gasteiger charge is -2.58. The van der Waals surface area contributed by atoms with E-state index in [0.717, 1.165) is 54.1 Å². The number of rotatable bonds is 3. The summed E-state index contributed by atoms with van der Waals surface area (Å²) in [6.07, 6.45) is 12.9. The van der Waals surface area contributed by atoms with Crippen molar-refractivity contribution in [2.24, 2.45) is 39.6 Å². The molecule has 3 nitrogen and oxygen atoms in total. The molecule has 4 heteroatoms. The minimum absolute atomic E-state index is 0.129. The van der Waals surface area contributed by atoms with Crippen molar-refractivity contribution < 1.29 is 5.11 Å². The summed E-state index contributed by atoms with van der Waals surface area (Å²) in [6.45, 7) is 7.31. The van der Waals surface area contributed by atoms with Crippen molar-refractivity contribution >= 4 is 23.0 Å². The van der Waals surface area contributed by atoms with Crippen LogP contribution in [0.4, 0.5) is 5.69 Å². The molecule has 0 radical (unpaired) electrons. The van der Waals surface area contributed by atoms with E-state index in [-0.39, 0.29) is 12.1 Å². The maximum atomic E-state index is 10.4. The summed E-state index contributed by atoms with van der Waals surface area (Å²) in [4.78, 5) is 0. The highest BCUT2D eigenvalue weighted by Crippen LogP contribution is 2.67. The smallest absolute Gasteiger partial charge is 0.0828 e. The molecule has 3 saturated carbocycles. The van der Waals surface area contributed by atoms with Gasteiger partial charge in [-0.15, -0.1) is 0 Å². The van der Waals surface area contributed by atoms with Crippen LogP contribution < -0.4 is 5.01 Å². The van der Waals surface area contributed by atoms with Crippen molar-refractivity contribution in [2.75, 3.05) is 5.01 Å². The van der Waals surface area contributed by atoms with Gasteiger partial charge in [-0.1, -0.05) is 66.9 Å². The van der Waals surface area contributed by atoms with E-state index in [0.29, 0.717) is 16.7 Å². The Morgan fingerprint density at radius 1 is 0.897 bits per heavy atom. The van der Waals surface area contributed by atoms with Crippen LogP contribution in [0, 0.1) is 41.4 Å². The zero-order valence-electron chi connectivity index (χ0n) is 23.7. The van der Waals surface area contributed by atoms with Gasteiger partial charge in [-0.3, -0.25) is 5.01 Å². The summed E-state index contributed by atoms with van der Waals surface area (Å²) in [5.74, 6) is 2.88. The Hall–Kier alpha value is -2.10. The van der Waals surface area contributed by atoms with Crippen LogP contribution in [0.2, 0.25) is 5.02 Å². The Bertz CT molecular complexity index is 1300. The van der Waals surface area contributed by atoms with Crippen LogP contribution in [-0.4, -0.2) is 16.9 Å². The zero-order valence-corrected chi connectivity index (χ0v) is 24.5. The van der Waals surface area contributed by atoms with Gasteiger partial charge in [-0.25, -0.2) is 0 Å². The summed E-state index contributed by atoms with van der Waals surface area (Å²) < 4.78 is 0. The molecule has 39 heavy (non-hydrogen) atoms. The number of hydrogen-bond donors (Lipinski definition) is 1. The first-order valence-corrected chi connectivity index (χ1v) is 15.7. The molecule has 0 saturated heterocycles. The Morgan fingerprint density at radius 3 is 2.44 bits per heavy atom. The molecule has 4 aliphatic carbocycles. The predicted octanol–water partition coefficient (Wildman–Crippen LogP) is 8.90. The van der Waals surface area contributed by atoms with Gasteiger partial charge in [0.2, 0.25) is 0 Å². The van der Waals surface area contributed by atoms with E-state index in [9.17, 15) is 5.11 Å². The lowest BCUT2D eigenvalue weighted by atomic mass is 9.47. The average molecular weight is 543 g/mol. The topological polar surface area (TPSA) is 35.8 Å². The highest BCUT2D eigenvalue weighted by Gasteiger charge is 2.59. The molecule has 0 amide bonds. The van der Waals surface area contributed by atoms with Crippen molar-refractivity contribution in [2.45, 2.75) is 90.7 Å². The summed E-state index contributed by atoms with van der Waals surface area (Å²) in [5.41, 5.74) is 7.37. The third kappa shape index (κ3) is 4.13. The first kappa shape index (κ1) is 25.8. The molecule has 0 aromatic heterocycles. The van der Waals surface area contributed by atoms with Gasteiger partial charge in [0.1, 0.15) is 0 Å². The van der Waals surface area contributed by atoms with Gasteiger partial charge in [-0.05, 0) is 117 Å². The molecular formula is C35H43ClN2O. The lowest BCUT2D eigenvalue weighted by Crippen LogP contribution is -2.51. The van der Waals surface area contributed by atoms with E-state index in [2.05, 4.69) is 68.3 Å². The van der Waals surface area contributed by atoms with Crippen molar-refractivity contribution in [3.63, 3.8) is 0 Å². The number of aryl methyl sites for hydroxylation is 1. The van der Waals surface area contributed by atoms with Crippen LogP contribution in [-0.2, 0) is 0 Å². The molecule has 1 unspecified atom stereocenters. The fourth-order valence-corrected chi connectivity index (χ4v) is 9.94. The molecule has 5 aliphatic rings. The Kier molecular flexibility index (Phi) is 6.28. The summed E-state index contributed by atoms with van der Waals surface area (Å²) in [7, 11) is 0. The second-order valence-electron chi connectivity index (χ2n) is 13.9. The maximum Gasteiger partial charge on any atom is 0.0828 e. The van der Waals surface area contributed by atoms with Gasteiger partial charge in [-0.2, -0.15) is 5.10 Å². The Morgan fingerprint density at radius 2 is 1.67 bits per heavy atom. The van der Waals surface area contributed by atoms with E-state index in [1.165, 1.54) is 48.9 Å². The molecule has 1 aliphatic heterocycles. The highest BCUT2D eigenvalue weighted by atomic mass is 35.5. The number of anilines is 1. The number of hydrazone groups is 1. The standard InChI is InChI=1S/C35H43ClN2O/c1-22-4-6-23(7-5-22)33-21-32(37-38(33)26-11-9-25(36)10-12-26)31-15-14-29-28-13-8-24-20-27(39)16-18-34(24,2)30(28)17-19-35(29,31)3/h4-12,27-31,33,39H,13-21H2,1-3H3/t27-,28-,29-,30-,31+,33?,34-,35-/m0/s1. The van der Waals surface area contributed by atoms with Gasteiger partial charge in [0.15, 0.2) is 0 Å². The largest absolute Gasteiger partial charge is 0.393 e. The van der Waals surface area contributed by atoms with Crippen molar-refractivity contribution in [1.82, 2.24) is 0 Å². The molecule has 0 spiro atoms. The van der Waals surface area contributed by atoms with Gasteiger partial charge in [0, 0.05) is 23.1 Å². The third-order valence-electron chi connectivity index (χ3n) is 12.0. The summed E-state index contributed by atoms with van der Waals surface area (Å²) >= 11 is 6.26. The SMILES string of the molecule is Cc1ccc(C2CC([C@H]3CC[C@H]4[C@@H]5CC=C6C[C@@H](O)CC[C@]6(C)[C@H]5CC[C@]34C)=NN2c2ccc(Cl)cc2)cc1. The Balaban J connectivity index is 1.19. The lowest BCUT2D eigenvalue weighted by molar-refractivity contribution is -0.0424. The van der Waals surface area contributed by atoms with Gasteiger partial charge >= 0.3 is 0 Å². The Labute approximate surface area is 239 Å². The molecule has 2 aromatic rings. The fourth-order valence-electron chi connectivity index (χ4n) is 9.81. The van der Waals surface area contributed by atoms with Gasteiger partial charge in [0.05, 0.1) is 17.8 Å². The monoisotopic (exact) mass is 542 g/mol. The average Bonchev–Trinajstić information content (AvgIpc) is 3.51. The van der Waals surface area contributed by atoms with Crippen molar-refractivity contribution in [3.05, 3.63) is 76.3 Å². The quantitative estimate of drug-likeness (QED) is 0.393. The van der Waals surface area contributed by atoms with Crippen LogP contribution in [0.1, 0.15) is 88.8 Å². The molecule has 3 fully saturated rings. The second kappa shape index (κ2) is 9.48. The zero-order chi connectivity index (χ0) is 26.9. The van der Waals surface area contributed by atoms with E-state index < -0.39 is 0 Å². The second-order valence-corrected chi connectivity index (χ2v) is 14.3. The first-order valence-electron chi connectivity index (χ1n) is 15.3. The van der Waals surface area contributed by atoms with Crippen molar-refractivity contribution in [3.8, 4) is 0 Å². The number of nitrogens with zero attached hydrogens (tertiary/aromatic N) is 2. The number of aliphatic hydroxyl groups is 1. The number of fused-ring (bicyclic) bond motifs is 5.